The smallest absolute Gasteiger partial charge is 0.321 e. The molecule has 1 saturated heterocycles. The molecule has 0 radical (unpaired) electrons. The van der Waals surface area contributed by atoms with Crippen LogP contribution in [0.25, 0.3) is 0 Å². The number of ether oxygens (including phenoxy) is 2. The predicted octanol–water partition coefficient (Wildman–Crippen LogP) is 2.88. The van der Waals surface area contributed by atoms with Crippen molar-refractivity contribution in [2.45, 2.75) is 6.42 Å². The van der Waals surface area contributed by atoms with Crippen LogP contribution in [0.2, 0.25) is 0 Å². The summed E-state index contributed by atoms with van der Waals surface area (Å²) in [6.07, 6.45) is 0.728. The number of carbonyl (C=O) groups is 2. The van der Waals surface area contributed by atoms with E-state index in [0.29, 0.717) is 24.4 Å². The van der Waals surface area contributed by atoms with E-state index in [1.54, 1.807) is 34.4 Å². The topological polar surface area (TPSA) is 86.4 Å². The largest absolute Gasteiger partial charge is 0.495 e. The number of nitrogens with one attached hydrogen (secondary N) is 2. The Morgan fingerprint density at radius 3 is 2.29 bits per heavy atom. The summed E-state index contributed by atoms with van der Waals surface area (Å²) in [5.74, 6) is 0.687. The van der Waals surface area contributed by atoms with Gasteiger partial charge in [-0.1, -0.05) is 12.1 Å². The van der Waals surface area contributed by atoms with Gasteiger partial charge in [0.2, 0.25) is 0 Å². The Hall–Kier alpha value is -3.46. The normalized spacial score (nSPS) is 13.4. The minimum absolute atomic E-state index is 0.167. The number of hydrogen-bond donors (Lipinski definition) is 2. The lowest BCUT2D eigenvalue weighted by molar-refractivity contribution is 0.0949. The van der Waals surface area contributed by atoms with Crippen molar-refractivity contribution in [2.24, 2.45) is 0 Å². The van der Waals surface area contributed by atoms with Crippen molar-refractivity contribution in [3.63, 3.8) is 0 Å². The summed E-state index contributed by atoms with van der Waals surface area (Å²) in [4.78, 5) is 31.2. The number of amides is 3. The monoisotopic (exact) mass is 469 g/mol. The fraction of sp³-hybridized carbons (Fsp3) is 0.440. The minimum Gasteiger partial charge on any atom is -0.495 e. The molecule has 2 N–H and O–H groups in total. The molecule has 1 aliphatic heterocycles. The predicted molar refractivity (Wildman–Crippen MR) is 135 cm³/mol. The molecule has 9 heteroatoms. The van der Waals surface area contributed by atoms with Crippen molar-refractivity contribution in [3.8, 4) is 5.75 Å². The van der Waals surface area contributed by atoms with Crippen LogP contribution in [0.15, 0.2) is 42.5 Å². The van der Waals surface area contributed by atoms with Gasteiger partial charge in [-0.25, -0.2) is 4.79 Å². The van der Waals surface area contributed by atoms with Gasteiger partial charge in [0, 0.05) is 71.9 Å². The summed E-state index contributed by atoms with van der Waals surface area (Å²) in [6.45, 7) is 4.21. The quantitative estimate of drug-likeness (QED) is 0.550. The summed E-state index contributed by atoms with van der Waals surface area (Å²) in [6, 6.07) is 13.3. The molecule has 0 bridgehead atoms. The number of para-hydroxylation sites is 2. The minimum atomic E-state index is -0.246. The molecule has 0 atom stereocenters. The number of carbonyl (C=O) groups excluding carboxylic acids is 2. The molecule has 2 aromatic carbocycles. The summed E-state index contributed by atoms with van der Waals surface area (Å²) in [5, 5.41) is 5.80. The van der Waals surface area contributed by atoms with Gasteiger partial charge in [-0.15, -0.1) is 0 Å². The average molecular weight is 470 g/mol. The third kappa shape index (κ3) is 6.32. The molecule has 1 heterocycles. The number of methoxy groups -OCH3 is 2. The van der Waals surface area contributed by atoms with Gasteiger partial charge in [0.1, 0.15) is 5.75 Å². The summed E-state index contributed by atoms with van der Waals surface area (Å²) in [7, 11) is 6.67. The Kier molecular flexibility index (Phi) is 8.98. The molecular formula is C25H35N5O4. The average Bonchev–Trinajstić information content (AvgIpc) is 2.86. The molecule has 0 aromatic heterocycles. The molecule has 34 heavy (non-hydrogen) atoms. The second-order valence-corrected chi connectivity index (χ2v) is 8.30. The van der Waals surface area contributed by atoms with Crippen LogP contribution in [-0.2, 0) is 4.74 Å². The number of nitrogens with zero attached hydrogens (tertiary/aromatic N) is 3. The zero-order chi connectivity index (χ0) is 24.5. The van der Waals surface area contributed by atoms with Gasteiger partial charge in [0.05, 0.1) is 18.4 Å². The first-order chi connectivity index (χ1) is 16.4. The van der Waals surface area contributed by atoms with E-state index in [1.165, 1.54) is 4.90 Å². The van der Waals surface area contributed by atoms with Gasteiger partial charge in [-0.3, -0.25) is 4.79 Å². The highest BCUT2D eigenvalue weighted by Crippen LogP contribution is 2.31. The maximum atomic E-state index is 13.1. The first-order valence-corrected chi connectivity index (χ1v) is 11.5. The van der Waals surface area contributed by atoms with E-state index in [-0.39, 0.29) is 11.9 Å². The lowest BCUT2D eigenvalue weighted by Crippen LogP contribution is -2.47. The SMILES string of the molecule is COCCCNC(=O)c1cc(NC(=O)N(C)C)ccc1N1CCN(c2ccccc2OC)CC1. The fourth-order valence-corrected chi connectivity index (χ4v) is 3.90. The maximum Gasteiger partial charge on any atom is 0.321 e. The first-order valence-electron chi connectivity index (χ1n) is 11.5. The van der Waals surface area contributed by atoms with Gasteiger partial charge in [-0.05, 0) is 36.8 Å². The Bertz CT molecular complexity index is 974. The van der Waals surface area contributed by atoms with Crippen LogP contribution < -0.4 is 25.2 Å². The highest BCUT2D eigenvalue weighted by Gasteiger charge is 2.24. The third-order valence-electron chi connectivity index (χ3n) is 5.76. The standard InChI is InChI=1S/C25H35N5O4/c1-28(2)25(32)27-19-10-11-21(20(18-19)24(31)26-12-7-17-33-3)29-13-15-30(16-14-29)22-8-5-6-9-23(22)34-4/h5-6,8-11,18H,7,12-17H2,1-4H3,(H,26,31)(H,27,32). The Morgan fingerprint density at radius 2 is 1.65 bits per heavy atom. The van der Waals surface area contributed by atoms with Gasteiger partial charge < -0.3 is 34.8 Å². The van der Waals surface area contributed by atoms with Crippen LogP contribution in [0.5, 0.6) is 5.75 Å². The van der Waals surface area contributed by atoms with Crippen LogP contribution in [0.1, 0.15) is 16.8 Å². The zero-order valence-electron chi connectivity index (χ0n) is 20.5. The molecule has 0 spiro atoms. The lowest BCUT2D eigenvalue weighted by atomic mass is 10.1. The van der Waals surface area contributed by atoms with E-state index in [1.807, 2.05) is 30.3 Å². The first kappa shape index (κ1) is 25.2. The fourth-order valence-electron chi connectivity index (χ4n) is 3.90. The number of anilines is 3. The van der Waals surface area contributed by atoms with Crippen molar-refractivity contribution >= 4 is 29.0 Å². The number of piperazine rings is 1. The van der Waals surface area contributed by atoms with E-state index in [2.05, 4.69) is 26.5 Å². The molecule has 184 valence electrons. The number of benzene rings is 2. The van der Waals surface area contributed by atoms with Crippen molar-refractivity contribution in [3.05, 3.63) is 48.0 Å². The Morgan fingerprint density at radius 1 is 0.971 bits per heavy atom. The van der Waals surface area contributed by atoms with Crippen LogP contribution in [0.4, 0.5) is 21.9 Å². The third-order valence-corrected chi connectivity index (χ3v) is 5.76. The highest BCUT2D eigenvalue weighted by molar-refractivity contribution is 6.02. The summed E-state index contributed by atoms with van der Waals surface area (Å²) in [5.41, 5.74) is 3.05. The number of rotatable bonds is 9. The Balaban J connectivity index is 1.77. The molecular weight excluding hydrogens is 434 g/mol. The van der Waals surface area contributed by atoms with Gasteiger partial charge in [-0.2, -0.15) is 0 Å². The second kappa shape index (κ2) is 12.1. The number of urea groups is 1. The second-order valence-electron chi connectivity index (χ2n) is 8.30. The molecule has 1 fully saturated rings. The van der Waals surface area contributed by atoms with E-state index >= 15 is 0 Å². The van der Waals surface area contributed by atoms with Crippen molar-refractivity contribution in [2.75, 3.05) is 82.8 Å². The van der Waals surface area contributed by atoms with Gasteiger partial charge >= 0.3 is 6.03 Å². The van der Waals surface area contributed by atoms with Crippen LogP contribution in [0, 0.1) is 0 Å². The van der Waals surface area contributed by atoms with Crippen molar-refractivity contribution in [1.29, 1.82) is 0 Å². The number of hydrogen-bond acceptors (Lipinski definition) is 6. The van der Waals surface area contributed by atoms with E-state index in [0.717, 1.165) is 49.7 Å². The zero-order valence-corrected chi connectivity index (χ0v) is 20.5. The molecule has 9 nitrogen and oxygen atoms in total. The van der Waals surface area contributed by atoms with E-state index in [9.17, 15) is 9.59 Å². The highest BCUT2D eigenvalue weighted by atomic mass is 16.5. The van der Waals surface area contributed by atoms with E-state index < -0.39 is 0 Å². The molecule has 1 aliphatic rings. The van der Waals surface area contributed by atoms with Crippen molar-refractivity contribution in [1.82, 2.24) is 10.2 Å². The van der Waals surface area contributed by atoms with Crippen LogP contribution in [0.3, 0.4) is 0 Å². The molecule has 0 aliphatic carbocycles. The lowest BCUT2D eigenvalue weighted by Gasteiger charge is -2.38. The van der Waals surface area contributed by atoms with Gasteiger partial charge in [0.15, 0.2) is 0 Å². The molecule has 3 rings (SSSR count). The molecule has 0 unspecified atom stereocenters. The van der Waals surface area contributed by atoms with Crippen LogP contribution >= 0.6 is 0 Å². The molecule has 2 aromatic rings. The van der Waals surface area contributed by atoms with E-state index in [4.69, 9.17) is 9.47 Å². The molecule has 0 saturated carbocycles. The van der Waals surface area contributed by atoms with Gasteiger partial charge in [0.25, 0.3) is 5.91 Å². The molecule has 3 amide bonds. The summed E-state index contributed by atoms with van der Waals surface area (Å²) < 4.78 is 10.6. The maximum absolute atomic E-state index is 13.1. The van der Waals surface area contributed by atoms with Crippen LogP contribution in [-0.4, -0.2) is 84.5 Å². The summed E-state index contributed by atoms with van der Waals surface area (Å²) >= 11 is 0. The Labute approximate surface area is 201 Å². The van der Waals surface area contributed by atoms with Crippen molar-refractivity contribution < 1.29 is 19.1 Å².